The topological polar surface area (TPSA) is 122 Å². The van der Waals surface area contributed by atoms with E-state index in [2.05, 4.69) is 20.9 Å². The van der Waals surface area contributed by atoms with Gasteiger partial charge < -0.3 is 30.4 Å². The van der Waals surface area contributed by atoms with Gasteiger partial charge in [-0.05, 0) is 71.6 Å². The first kappa shape index (κ1) is 33.6. The molecule has 250 valence electrons. The fourth-order valence-corrected chi connectivity index (χ4v) is 6.42. The van der Waals surface area contributed by atoms with Gasteiger partial charge >= 0.3 is 0 Å². The molecule has 9 nitrogen and oxygen atoms in total. The van der Waals surface area contributed by atoms with Crippen molar-refractivity contribution in [1.29, 1.82) is 0 Å². The van der Waals surface area contributed by atoms with E-state index < -0.39 is 17.1 Å². The number of amides is 3. The Kier molecular flexibility index (Phi) is 10.6. The lowest BCUT2D eigenvalue weighted by atomic mass is 10.1. The molecule has 5 aromatic carbocycles. The summed E-state index contributed by atoms with van der Waals surface area (Å²) >= 11 is 1.36. The second-order valence-corrected chi connectivity index (χ2v) is 12.3. The van der Waals surface area contributed by atoms with E-state index in [1.165, 1.54) is 32.1 Å². The zero-order chi connectivity index (χ0) is 34.9. The third kappa shape index (κ3) is 8.05. The van der Waals surface area contributed by atoms with Crippen LogP contribution in [0.1, 0.15) is 26.7 Å². The molecule has 0 aliphatic heterocycles. The normalized spacial score (nSPS) is 11.8. The van der Waals surface area contributed by atoms with Crippen molar-refractivity contribution in [2.24, 2.45) is 0 Å². The van der Waals surface area contributed by atoms with Crippen LogP contribution >= 0.6 is 11.8 Å². The Morgan fingerprint density at radius 1 is 0.740 bits per heavy atom. The van der Waals surface area contributed by atoms with Crippen molar-refractivity contribution in [1.82, 2.24) is 10.3 Å². The predicted molar refractivity (Wildman–Crippen MR) is 198 cm³/mol. The number of hydrogen-bond acceptors (Lipinski definition) is 6. The van der Waals surface area contributed by atoms with Gasteiger partial charge in [0.05, 0.1) is 14.2 Å². The lowest BCUT2D eigenvalue weighted by Gasteiger charge is -2.18. The Labute approximate surface area is 293 Å². The minimum atomic E-state index is -0.595. The fraction of sp³-hybridized carbons (Fsp3) is 0.0750. The molecule has 10 heteroatoms. The van der Waals surface area contributed by atoms with E-state index in [4.69, 9.17) is 9.47 Å². The van der Waals surface area contributed by atoms with E-state index in [1.54, 1.807) is 66.7 Å². The summed E-state index contributed by atoms with van der Waals surface area (Å²) in [6.45, 7) is 0. The molecule has 6 aromatic rings. The summed E-state index contributed by atoms with van der Waals surface area (Å²) in [6, 6.07) is 38.3. The molecule has 0 fully saturated rings. The SMILES string of the molecule is COc1cccc(/C=C(/NC(=O)c2ccccc2)C(=O)Nc2cccc(SC(C(=O)Nc3ccc4cc[nH]c4c3)c3ccccc3)c2)c1OC. The number of H-pyrrole nitrogens is 1. The molecule has 1 aromatic heterocycles. The van der Waals surface area contributed by atoms with Gasteiger partial charge in [-0.3, -0.25) is 14.4 Å². The molecule has 3 amide bonds. The molecule has 4 N–H and O–H groups in total. The number of rotatable bonds is 12. The number of hydrogen-bond donors (Lipinski definition) is 4. The first-order valence-electron chi connectivity index (χ1n) is 15.7. The maximum absolute atomic E-state index is 13.8. The highest BCUT2D eigenvalue weighted by molar-refractivity contribution is 8.00. The fourth-order valence-electron chi connectivity index (χ4n) is 5.34. The van der Waals surface area contributed by atoms with Crippen LogP contribution in [0, 0.1) is 0 Å². The Morgan fingerprint density at radius 3 is 2.24 bits per heavy atom. The monoisotopic (exact) mass is 682 g/mol. The van der Waals surface area contributed by atoms with Crippen LogP contribution in [0.15, 0.2) is 144 Å². The van der Waals surface area contributed by atoms with Gasteiger partial charge in [-0.1, -0.05) is 72.8 Å². The lowest BCUT2D eigenvalue weighted by molar-refractivity contribution is -0.116. The molecule has 0 bridgehead atoms. The molecule has 1 atom stereocenters. The van der Waals surface area contributed by atoms with Crippen molar-refractivity contribution >= 4 is 57.8 Å². The van der Waals surface area contributed by atoms with E-state index in [0.29, 0.717) is 34.0 Å². The second kappa shape index (κ2) is 15.8. The number of thioether (sulfide) groups is 1. The van der Waals surface area contributed by atoms with E-state index in [0.717, 1.165) is 21.4 Å². The minimum absolute atomic E-state index is 0.0101. The number of anilines is 2. The molecule has 1 unspecified atom stereocenters. The Balaban J connectivity index is 1.26. The molecule has 6 rings (SSSR count). The van der Waals surface area contributed by atoms with Crippen LogP contribution in [0.5, 0.6) is 11.5 Å². The van der Waals surface area contributed by atoms with Crippen molar-refractivity contribution in [3.63, 3.8) is 0 Å². The number of ether oxygens (including phenoxy) is 2. The van der Waals surface area contributed by atoms with Crippen molar-refractivity contribution in [2.75, 3.05) is 24.9 Å². The van der Waals surface area contributed by atoms with Gasteiger partial charge in [-0.15, -0.1) is 11.8 Å². The number of fused-ring (bicyclic) bond motifs is 1. The van der Waals surface area contributed by atoms with E-state index >= 15 is 0 Å². The quantitative estimate of drug-likeness (QED) is 0.0766. The third-order valence-electron chi connectivity index (χ3n) is 7.77. The molecule has 0 radical (unpaired) electrons. The molecular weight excluding hydrogens is 649 g/mol. The molecule has 0 aliphatic carbocycles. The molecule has 0 spiro atoms. The zero-order valence-electron chi connectivity index (χ0n) is 27.3. The summed E-state index contributed by atoms with van der Waals surface area (Å²) in [4.78, 5) is 44.7. The first-order valence-corrected chi connectivity index (χ1v) is 16.6. The van der Waals surface area contributed by atoms with Gasteiger partial charge in [0.1, 0.15) is 10.9 Å². The predicted octanol–water partition coefficient (Wildman–Crippen LogP) is 8.07. The van der Waals surface area contributed by atoms with Gasteiger partial charge in [-0.2, -0.15) is 0 Å². The van der Waals surface area contributed by atoms with E-state index in [9.17, 15) is 14.4 Å². The largest absolute Gasteiger partial charge is 0.493 e. The number of benzene rings is 5. The van der Waals surface area contributed by atoms with Gasteiger partial charge in [-0.25, -0.2) is 0 Å². The molecule has 1 heterocycles. The Bertz CT molecular complexity index is 2170. The summed E-state index contributed by atoms with van der Waals surface area (Å²) in [5, 5.41) is 9.19. The maximum Gasteiger partial charge on any atom is 0.272 e. The van der Waals surface area contributed by atoms with Crippen LogP contribution < -0.4 is 25.4 Å². The highest BCUT2D eigenvalue weighted by atomic mass is 32.2. The average Bonchev–Trinajstić information content (AvgIpc) is 3.62. The summed E-state index contributed by atoms with van der Waals surface area (Å²) < 4.78 is 11.0. The third-order valence-corrected chi connectivity index (χ3v) is 9.02. The Hall–Kier alpha value is -6.26. The van der Waals surface area contributed by atoms with Crippen molar-refractivity contribution < 1.29 is 23.9 Å². The van der Waals surface area contributed by atoms with Crippen molar-refractivity contribution in [2.45, 2.75) is 10.1 Å². The smallest absolute Gasteiger partial charge is 0.272 e. The van der Waals surface area contributed by atoms with Crippen LogP contribution in [0.4, 0.5) is 11.4 Å². The number of aromatic amines is 1. The number of methoxy groups -OCH3 is 2. The number of nitrogens with one attached hydrogen (secondary N) is 4. The standard InChI is InChI=1S/C40H34N4O5S/c1-48-35-18-9-15-29(36(35)49-2)23-34(44-38(45)28-13-7-4-8-14-28)39(46)42-30-16-10-17-32(24-30)50-37(27-11-5-3-6-12-27)40(47)43-31-20-19-26-21-22-41-33(26)25-31/h3-25,37,41H,1-2H3,(H,42,46)(H,43,47)(H,44,45)/b34-23+. The molecule has 0 saturated carbocycles. The minimum Gasteiger partial charge on any atom is -0.493 e. The molecule has 0 aliphatic rings. The van der Waals surface area contributed by atoms with Crippen LogP contribution in [0.3, 0.4) is 0 Å². The summed E-state index contributed by atoms with van der Waals surface area (Å²) in [7, 11) is 3.03. The van der Waals surface area contributed by atoms with E-state index in [-0.39, 0.29) is 11.6 Å². The van der Waals surface area contributed by atoms with Crippen LogP contribution in [-0.2, 0) is 9.59 Å². The van der Waals surface area contributed by atoms with E-state index in [1.807, 2.05) is 66.9 Å². The van der Waals surface area contributed by atoms with Gasteiger partial charge in [0, 0.05) is 39.1 Å². The number of aromatic nitrogens is 1. The Morgan fingerprint density at radius 2 is 1.48 bits per heavy atom. The van der Waals surface area contributed by atoms with Crippen LogP contribution in [0.25, 0.3) is 17.0 Å². The van der Waals surface area contributed by atoms with Crippen LogP contribution in [0.2, 0.25) is 0 Å². The molecule has 0 saturated heterocycles. The number of para-hydroxylation sites is 1. The van der Waals surface area contributed by atoms with Crippen LogP contribution in [-0.4, -0.2) is 36.9 Å². The summed E-state index contributed by atoms with van der Waals surface area (Å²) in [6.07, 6.45) is 3.40. The number of carbonyl (C=O) groups excluding carboxylic acids is 3. The summed E-state index contributed by atoms with van der Waals surface area (Å²) in [5.74, 6) is -0.320. The van der Waals surface area contributed by atoms with Gasteiger partial charge in [0.15, 0.2) is 11.5 Å². The van der Waals surface area contributed by atoms with Crippen molar-refractivity contribution in [3.05, 3.63) is 156 Å². The second-order valence-electron chi connectivity index (χ2n) is 11.1. The zero-order valence-corrected chi connectivity index (χ0v) is 28.1. The highest BCUT2D eigenvalue weighted by Gasteiger charge is 2.23. The lowest BCUT2D eigenvalue weighted by Crippen LogP contribution is -2.30. The highest BCUT2D eigenvalue weighted by Crippen LogP contribution is 2.38. The van der Waals surface area contributed by atoms with Gasteiger partial charge in [0.25, 0.3) is 11.8 Å². The van der Waals surface area contributed by atoms with Gasteiger partial charge in [0.2, 0.25) is 5.91 Å². The van der Waals surface area contributed by atoms with Crippen molar-refractivity contribution in [3.8, 4) is 11.5 Å². The first-order chi connectivity index (χ1) is 24.4. The number of carbonyl (C=O) groups is 3. The average molecular weight is 683 g/mol. The molecular formula is C40H34N4O5S. The molecule has 50 heavy (non-hydrogen) atoms. The summed E-state index contributed by atoms with van der Waals surface area (Å²) in [5.41, 5.74) is 3.81. The maximum atomic E-state index is 13.8.